The molecule has 4 aromatic rings. The molecule has 170 valence electrons. The molecule has 0 unspecified atom stereocenters. The molecule has 0 fully saturated rings. The number of nitrogens with one attached hydrogen (secondary N) is 2. The van der Waals surface area contributed by atoms with Gasteiger partial charge in [0.15, 0.2) is 17.0 Å². The lowest BCUT2D eigenvalue weighted by Crippen LogP contribution is -2.16. The lowest BCUT2D eigenvalue weighted by atomic mass is 10.2. The maximum atomic E-state index is 13.4. The van der Waals surface area contributed by atoms with Gasteiger partial charge in [0.1, 0.15) is 5.69 Å². The van der Waals surface area contributed by atoms with Gasteiger partial charge in [-0.15, -0.1) is 0 Å². The topological polar surface area (TPSA) is 106 Å². The van der Waals surface area contributed by atoms with Crippen molar-refractivity contribution in [2.45, 2.75) is 13.1 Å². The van der Waals surface area contributed by atoms with Crippen LogP contribution < -0.4 is 10.6 Å². The van der Waals surface area contributed by atoms with Crippen molar-refractivity contribution in [3.8, 4) is 0 Å². The first-order valence-electron chi connectivity index (χ1n) is 9.38. The van der Waals surface area contributed by atoms with E-state index in [1.54, 1.807) is 37.5 Å². The second kappa shape index (κ2) is 8.31. The molecule has 0 spiro atoms. The van der Waals surface area contributed by atoms with Crippen LogP contribution >= 0.6 is 15.9 Å². The summed E-state index contributed by atoms with van der Waals surface area (Å²) in [6.45, 7) is 1.42. The number of anilines is 2. The first-order valence-corrected chi connectivity index (χ1v) is 10.2. The van der Waals surface area contributed by atoms with Crippen molar-refractivity contribution in [3.63, 3.8) is 0 Å². The maximum absolute atomic E-state index is 13.4. The maximum Gasteiger partial charge on any atom is 0.433 e. The molecule has 0 saturated carbocycles. The first-order chi connectivity index (χ1) is 15.5. The van der Waals surface area contributed by atoms with Crippen molar-refractivity contribution in [1.29, 1.82) is 0 Å². The summed E-state index contributed by atoms with van der Waals surface area (Å²) in [5.74, 6) is -1.20. The number of amides is 2. The van der Waals surface area contributed by atoms with Gasteiger partial charge in [-0.2, -0.15) is 23.4 Å². The highest BCUT2D eigenvalue weighted by Gasteiger charge is 2.36. The van der Waals surface area contributed by atoms with E-state index >= 15 is 0 Å². The summed E-state index contributed by atoms with van der Waals surface area (Å²) in [5, 5.41) is 13.1. The molecule has 0 aliphatic heterocycles. The van der Waals surface area contributed by atoms with Crippen molar-refractivity contribution in [1.82, 2.24) is 24.4 Å². The van der Waals surface area contributed by atoms with E-state index in [1.807, 2.05) is 0 Å². The van der Waals surface area contributed by atoms with Gasteiger partial charge in [-0.25, -0.2) is 9.50 Å². The van der Waals surface area contributed by atoms with Gasteiger partial charge in [0.25, 0.3) is 11.8 Å². The number of aryl methyl sites for hydroxylation is 2. The van der Waals surface area contributed by atoms with E-state index in [1.165, 1.54) is 17.7 Å². The molecule has 4 rings (SSSR count). The summed E-state index contributed by atoms with van der Waals surface area (Å²) in [6.07, 6.45) is -3.07. The quantitative estimate of drug-likeness (QED) is 0.421. The Morgan fingerprint density at radius 2 is 1.70 bits per heavy atom. The number of carbonyl (C=O) groups is 2. The van der Waals surface area contributed by atoms with E-state index in [4.69, 9.17) is 0 Å². The number of hydrogen-bond acceptors (Lipinski definition) is 5. The molecular weight excluding hydrogens is 507 g/mol. The molecule has 13 heteroatoms. The molecule has 3 heterocycles. The van der Waals surface area contributed by atoms with Gasteiger partial charge in [0, 0.05) is 30.3 Å². The number of carbonyl (C=O) groups excluding carboxylic acids is 2. The minimum atomic E-state index is -4.69. The van der Waals surface area contributed by atoms with Gasteiger partial charge in [-0.1, -0.05) is 6.07 Å². The van der Waals surface area contributed by atoms with Crippen LogP contribution in [-0.2, 0) is 13.2 Å². The fraction of sp³-hybridized carbons (Fsp3) is 0.150. The summed E-state index contributed by atoms with van der Waals surface area (Å²) < 4.78 is 42.3. The fourth-order valence-electron chi connectivity index (χ4n) is 3.06. The third-order valence-corrected chi connectivity index (χ3v) is 5.22. The molecule has 33 heavy (non-hydrogen) atoms. The molecule has 3 aromatic heterocycles. The normalized spacial score (nSPS) is 11.6. The summed E-state index contributed by atoms with van der Waals surface area (Å²) in [7, 11) is 1.68. The molecule has 0 aliphatic rings. The van der Waals surface area contributed by atoms with Crippen LogP contribution in [-0.4, -0.2) is 36.2 Å². The number of aromatic nitrogens is 5. The van der Waals surface area contributed by atoms with Gasteiger partial charge in [-0.3, -0.25) is 14.3 Å². The van der Waals surface area contributed by atoms with Gasteiger partial charge in [0.2, 0.25) is 0 Å². The van der Waals surface area contributed by atoms with Crippen molar-refractivity contribution in [2.75, 3.05) is 10.6 Å². The van der Waals surface area contributed by atoms with Crippen LogP contribution in [0.15, 0.2) is 47.1 Å². The van der Waals surface area contributed by atoms with Crippen molar-refractivity contribution in [2.24, 2.45) is 7.05 Å². The van der Waals surface area contributed by atoms with Crippen molar-refractivity contribution >= 4 is 44.8 Å². The summed E-state index contributed by atoms with van der Waals surface area (Å²) in [5.41, 5.74) is -0.450. The number of benzene rings is 1. The third kappa shape index (κ3) is 4.58. The first kappa shape index (κ1) is 22.5. The Balaban J connectivity index is 1.59. The van der Waals surface area contributed by atoms with Crippen LogP contribution in [0.2, 0.25) is 0 Å². The van der Waals surface area contributed by atoms with Gasteiger partial charge in [-0.05, 0) is 53.2 Å². The Morgan fingerprint density at radius 3 is 2.30 bits per heavy atom. The minimum Gasteiger partial charge on any atom is -0.321 e. The number of nitrogens with zero attached hydrogens (tertiary/aromatic N) is 5. The average molecular weight is 522 g/mol. The zero-order valence-corrected chi connectivity index (χ0v) is 18.7. The predicted molar refractivity (Wildman–Crippen MR) is 116 cm³/mol. The van der Waals surface area contributed by atoms with Crippen LogP contribution in [0.25, 0.3) is 5.65 Å². The number of fused-ring (bicyclic) bond motifs is 1. The average Bonchev–Trinajstić information content (AvgIpc) is 3.31. The molecule has 0 aliphatic carbocycles. The second-order valence-electron chi connectivity index (χ2n) is 7.04. The lowest BCUT2D eigenvalue weighted by Gasteiger charge is -2.09. The highest BCUT2D eigenvalue weighted by atomic mass is 79.9. The van der Waals surface area contributed by atoms with Crippen LogP contribution in [0, 0.1) is 6.92 Å². The molecule has 2 N–H and O–H groups in total. The van der Waals surface area contributed by atoms with E-state index < -0.39 is 23.7 Å². The lowest BCUT2D eigenvalue weighted by molar-refractivity contribution is -0.142. The van der Waals surface area contributed by atoms with Crippen LogP contribution in [0.4, 0.5) is 24.5 Å². The van der Waals surface area contributed by atoms with Crippen LogP contribution in [0.5, 0.6) is 0 Å². The Kier molecular flexibility index (Phi) is 5.66. The number of hydrogen-bond donors (Lipinski definition) is 2. The highest BCUT2D eigenvalue weighted by molar-refractivity contribution is 9.10. The molecule has 1 aromatic carbocycles. The minimum absolute atomic E-state index is 0.0220. The smallest absolute Gasteiger partial charge is 0.321 e. The monoisotopic (exact) mass is 521 g/mol. The fourth-order valence-corrected chi connectivity index (χ4v) is 3.57. The largest absolute Gasteiger partial charge is 0.433 e. The highest BCUT2D eigenvalue weighted by Crippen LogP contribution is 2.32. The molecule has 9 nitrogen and oxygen atoms in total. The molecule has 0 saturated heterocycles. The predicted octanol–water partition coefficient (Wildman–Crippen LogP) is 4.06. The molecule has 0 radical (unpaired) electrons. The molecule has 0 bridgehead atoms. The Hall–Kier alpha value is -3.74. The van der Waals surface area contributed by atoms with E-state index in [0.717, 1.165) is 6.07 Å². The Morgan fingerprint density at radius 1 is 1.03 bits per heavy atom. The van der Waals surface area contributed by atoms with Crippen LogP contribution in [0.3, 0.4) is 0 Å². The second-order valence-corrected chi connectivity index (χ2v) is 7.84. The zero-order valence-electron chi connectivity index (χ0n) is 17.1. The van der Waals surface area contributed by atoms with E-state index in [9.17, 15) is 22.8 Å². The molecule has 2 amide bonds. The summed E-state index contributed by atoms with van der Waals surface area (Å²) in [4.78, 5) is 29.1. The Labute approximate surface area is 192 Å². The van der Waals surface area contributed by atoms with Crippen molar-refractivity contribution < 1.29 is 22.8 Å². The standard InChI is InChI=1S/C20H15BrF3N7O2/c1-10-8-14(20(22,23)24)31-17(25-10)15(21)16(29-31)19(33)27-12-5-3-4-11(9-12)26-18(32)13-6-7-30(2)28-13/h3-9H,1-2H3,(H,26,32)(H,27,33). The summed E-state index contributed by atoms with van der Waals surface area (Å²) in [6, 6.07) is 8.65. The van der Waals surface area contributed by atoms with E-state index in [-0.39, 0.29) is 27.2 Å². The van der Waals surface area contributed by atoms with Gasteiger partial charge >= 0.3 is 6.18 Å². The number of rotatable bonds is 4. The Bertz CT molecular complexity index is 1390. The van der Waals surface area contributed by atoms with E-state index in [2.05, 4.69) is 41.7 Å². The van der Waals surface area contributed by atoms with Gasteiger partial charge < -0.3 is 10.6 Å². The van der Waals surface area contributed by atoms with Crippen molar-refractivity contribution in [3.05, 3.63) is 69.8 Å². The molecule has 0 atom stereocenters. The number of halogens is 4. The number of alkyl halides is 3. The zero-order chi connectivity index (χ0) is 23.9. The van der Waals surface area contributed by atoms with Crippen LogP contribution in [0.1, 0.15) is 32.4 Å². The molecular formula is C20H15BrF3N7O2. The third-order valence-electron chi connectivity index (χ3n) is 4.49. The van der Waals surface area contributed by atoms with Gasteiger partial charge in [0.05, 0.1) is 4.47 Å². The summed E-state index contributed by atoms with van der Waals surface area (Å²) >= 11 is 3.14. The van der Waals surface area contributed by atoms with E-state index in [0.29, 0.717) is 15.9 Å². The SMILES string of the molecule is Cc1cc(C(F)(F)F)n2nc(C(=O)Nc3cccc(NC(=O)c4ccn(C)n4)c3)c(Br)c2n1.